The Kier molecular flexibility index (Phi) is 3.55. The van der Waals surface area contributed by atoms with E-state index >= 15 is 0 Å². The predicted octanol–water partition coefficient (Wildman–Crippen LogP) is 2.31. The van der Waals surface area contributed by atoms with Gasteiger partial charge in [-0.3, -0.25) is 4.79 Å². The first-order valence-electron chi connectivity index (χ1n) is 6.39. The van der Waals surface area contributed by atoms with E-state index in [0.29, 0.717) is 0 Å². The second kappa shape index (κ2) is 5.24. The molecule has 7 heteroatoms. The third-order valence-corrected chi connectivity index (χ3v) is 4.13. The van der Waals surface area contributed by atoms with Crippen molar-refractivity contribution in [2.24, 2.45) is 0 Å². The van der Waals surface area contributed by atoms with Crippen molar-refractivity contribution in [1.29, 1.82) is 0 Å². The first-order valence-corrected chi connectivity index (χ1v) is 7.26. The summed E-state index contributed by atoms with van der Waals surface area (Å²) in [4.78, 5) is 26.7. The Bertz CT molecular complexity index is 726. The molecular weight excluding hydrogens is 315 g/mol. The molecule has 3 rings (SSSR count). The summed E-state index contributed by atoms with van der Waals surface area (Å²) in [6.45, 7) is 0.162. The third-order valence-electron chi connectivity index (χ3n) is 3.76. The second-order valence-electron chi connectivity index (χ2n) is 4.95. The number of nitrogens with zero attached hydrogens (tertiary/aromatic N) is 1. The highest BCUT2D eigenvalue weighted by Gasteiger charge is 2.37. The van der Waals surface area contributed by atoms with Crippen LogP contribution in [0.15, 0.2) is 24.3 Å². The van der Waals surface area contributed by atoms with E-state index < -0.39 is 22.8 Å². The Morgan fingerprint density at radius 2 is 2.05 bits per heavy atom. The lowest BCUT2D eigenvalue weighted by atomic mass is 9.96. The Hall–Kier alpha value is -1.72. The number of aliphatic carboxylic acids is 1. The first-order chi connectivity index (χ1) is 9.99. The van der Waals surface area contributed by atoms with Crippen molar-refractivity contribution < 1.29 is 14.7 Å². The fourth-order valence-electron chi connectivity index (χ4n) is 2.79. The lowest BCUT2D eigenvalue weighted by molar-refractivity contribution is -0.150. The van der Waals surface area contributed by atoms with Gasteiger partial charge >= 0.3 is 5.97 Å². The maximum atomic E-state index is 12.0. The van der Waals surface area contributed by atoms with Crippen molar-refractivity contribution in [2.75, 3.05) is 0 Å². The molecule has 0 bridgehead atoms. The van der Waals surface area contributed by atoms with Gasteiger partial charge in [0.1, 0.15) is 6.04 Å². The molecule has 1 aromatic carbocycles. The highest BCUT2D eigenvalue weighted by Crippen LogP contribution is 2.31. The zero-order valence-electron chi connectivity index (χ0n) is 10.8. The minimum Gasteiger partial charge on any atom is -0.480 e. The highest BCUT2D eigenvalue weighted by molar-refractivity contribution is 6.53. The number of H-pyrrole nitrogens is 1. The van der Waals surface area contributed by atoms with Crippen LogP contribution in [-0.4, -0.2) is 37.7 Å². The number of carbonyl (C=O) groups excluding carboxylic acids is 1. The Balaban J connectivity index is 2.07. The third kappa shape index (κ3) is 2.36. The van der Waals surface area contributed by atoms with Crippen molar-refractivity contribution in [3.05, 3.63) is 35.5 Å². The molecule has 1 unspecified atom stereocenters. The molecule has 21 heavy (non-hydrogen) atoms. The standard InChI is InChI=1S/C14H12Cl2N2O3/c15-12(16)13(19)18-6-10-8(5-11(18)14(20)21)7-3-1-2-4-9(7)17-10/h1-4,11-12,17H,5-6H2,(H,20,21). The van der Waals surface area contributed by atoms with Crippen molar-refractivity contribution in [3.8, 4) is 0 Å². The molecule has 0 aliphatic carbocycles. The topological polar surface area (TPSA) is 73.4 Å². The molecule has 1 amide bonds. The second-order valence-corrected chi connectivity index (χ2v) is 6.05. The summed E-state index contributed by atoms with van der Waals surface area (Å²) < 4.78 is 0. The maximum absolute atomic E-state index is 12.0. The summed E-state index contributed by atoms with van der Waals surface area (Å²) in [6.07, 6.45) is 0.237. The largest absolute Gasteiger partial charge is 0.480 e. The Morgan fingerprint density at radius 3 is 2.71 bits per heavy atom. The lowest BCUT2D eigenvalue weighted by Gasteiger charge is -2.33. The Labute approximate surface area is 130 Å². The fourth-order valence-corrected chi connectivity index (χ4v) is 3.04. The number of hydrogen-bond donors (Lipinski definition) is 2. The number of carboxylic acids is 1. The van der Waals surface area contributed by atoms with Gasteiger partial charge in [-0.15, -0.1) is 0 Å². The van der Waals surface area contributed by atoms with Crippen LogP contribution in [0.2, 0.25) is 0 Å². The summed E-state index contributed by atoms with van der Waals surface area (Å²) in [5, 5.41) is 10.4. The van der Waals surface area contributed by atoms with Crippen LogP contribution in [0.4, 0.5) is 0 Å². The van der Waals surface area contributed by atoms with E-state index in [1.807, 2.05) is 24.3 Å². The number of carboxylic acid groups (broad SMARTS) is 1. The molecule has 1 atom stereocenters. The number of benzene rings is 1. The number of amides is 1. The molecular formula is C14H12Cl2N2O3. The molecule has 5 nitrogen and oxygen atoms in total. The van der Waals surface area contributed by atoms with Gasteiger partial charge in [0.05, 0.1) is 6.54 Å². The van der Waals surface area contributed by atoms with Gasteiger partial charge in [0, 0.05) is 23.0 Å². The number of aromatic amines is 1. The number of rotatable bonds is 2. The molecule has 2 N–H and O–H groups in total. The molecule has 1 aliphatic heterocycles. The molecule has 1 aliphatic rings. The van der Waals surface area contributed by atoms with Crippen molar-refractivity contribution in [2.45, 2.75) is 23.8 Å². The van der Waals surface area contributed by atoms with Crippen LogP contribution in [0.5, 0.6) is 0 Å². The number of carbonyl (C=O) groups is 2. The molecule has 1 aromatic heterocycles. The van der Waals surface area contributed by atoms with E-state index in [-0.39, 0.29) is 13.0 Å². The zero-order chi connectivity index (χ0) is 15.1. The van der Waals surface area contributed by atoms with Crippen LogP contribution in [0.25, 0.3) is 10.9 Å². The quantitative estimate of drug-likeness (QED) is 0.832. The molecule has 2 heterocycles. The molecule has 0 spiro atoms. The van der Waals surface area contributed by atoms with E-state index in [1.54, 1.807) is 0 Å². The number of para-hydroxylation sites is 1. The number of alkyl halides is 2. The van der Waals surface area contributed by atoms with E-state index in [2.05, 4.69) is 4.98 Å². The summed E-state index contributed by atoms with van der Waals surface area (Å²) in [7, 11) is 0. The van der Waals surface area contributed by atoms with Crippen molar-refractivity contribution in [1.82, 2.24) is 9.88 Å². The average molecular weight is 327 g/mol. The normalized spacial score (nSPS) is 18.0. The lowest BCUT2D eigenvalue weighted by Crippen LogP contribution is -2.50. The molecule has 0 saturated heterocycles. The molecule has 0 saturated carbocycles. The monoisotopic (exact) mass is 326 g/mol. The van der Waals surface area contributed by atoms with Crippen LogP contribution in [0.1, 0.15) is 11.3 Å². The summed E-state index contributed by atoms with van der Waals surface area (Å²) in [5.41, 5.74) is 2.69. The minimum atomic E-state index is -1.27. The first kappa shape index (κ1) is 14.2. The molecule has 110 valence electrons. The van der Waals surface area contributed by atoms with Gasteiger partial charge in [0.25, 0.3) is 5.91 Å². The van der Waals surface area contributed by atoms with Gasteiger partial charge in [-0.1, -0.05) is 41.4 Å². The summed E-state index contributed by atoms with van der Waals surface area (Å²) in [6, 6.07) is 6.70. The van der Waals surface area contributed by atoms with Gasteiger partial charge in [-0.25, -0.2) is 4.79 Å². The fraction of sp³-hybridized carbons (Fsp3) is 0.286. The molecule has 0 fully saturated rings. The van der Waals surface area contributed by atoms with E-state index in [1.165, 1.54) is 4.90 Å². The van der Waals surface area contributed by atoms with Gasteiger partial charge in [-0.05, 0) is 11.6 Å². The van der Waals surface area contributed by atoms with Gasteiger partial charge in [0.15, 0.2) is 4.84 Å². The van der Waals surface area contributed by atoms with Crippen molar-refractivity contribution >= 4 is 46.0 Å². The van der Waals surface area contributed by atoms with Crippen LogP contribution in [0, 0.1) is 0 Å². The summed E-state index contributed by atoms with van der Waals surface area (Å²) in [5.74, 6) is -1.65. The van der Waals surface area contributed by atoms with Crippen LogP contribution in [0.3, 0.4) is 0 Å². The zero-order valence-corrected chi connectivity index (χ0v) is 12.4. The maximum Gasteiger partial charge on any atom is 0.326 e. The van der Waals surface area contributed by atoms with Crippen molar-refractivity contribution in [3.63, 3.8) is 0 Å². The number of nitrogens with one attached hydrogen (secondary N) is 1. The average Bonchev–Trinajstić information content (AvgIpc) is 2.82. The van der Waals surface area contributed by atoms with Gasteiger partial charge in [0.2, 0.25) is 0 Å². The van der Waals surface area contributed by atoms with E-state index in [9.17, 15) is 14.7 Å². The SMILES string of the molecule is O=C(O)C1Cc2c([nH]c3ccccc23)CN1C(=O)C(Cl)Cl. The minimum absolute atomic E-state index is 0.162. The molecule has 0 radical (unpaired) electrons. The van der Waals surface area contributed by atoms with E-state index in [0.717, 1.165) is 22.2 Å². The molecule has 2 aromatic rings. The van der Waals surface area contributed by atoms with Crippen LogP contribution in [-0.2, 0) is 22.6 Å². The predicted molar refractivity (Wildman–Crippen MR) is 79.5 cm³/mol. The van der Waals surface area contributed by atoms with Gasteiger partial charge in [-0.2, -0.15) is 0 Å². The number of halogens is 2. The smallest absolute Gasteiger partial charge is 0.326 e. The number of aromatic nitrogens is 1. The van der Waals surface area contributed by atoms with E-state index in [4.69, 9.17) is 23.2 Å². The number of hydrogen-bond acceptors (Lipinski definition) is 2. The Morgan fingerprint density at radius 1 is 1.33 bits per heavy atom. The summed E-state index contributed by atoms with van der Waals surface area (Å²) >= 11 is 11.2. The van der Waals surface area contributed by atoms with Gasteiger partial charge < -0.3 is 15.0 Å². The highest BCUT2D eigenvalue weighted by atomic mass is 35.5. The van der Waals surface area contributed by atoms with Crippen LogP contribution >= 0.6 is 23.2 Å². The number of fused-ring (bicyclic) bond motifs is 3. The van der Waals surface area contributed by atoms with Crippen LogP contribution < -0.4 is 0 Å².